The van der Waals surface area contributed by atoms with Crippen LogP contribution in [0.25, 0.3) is 0 Å². The Kier molecular flexibility index (Phi) is 9.71. The molecule has 8 heteroatoms. The highest BCUT2D eigenvalue weighted by Gasteiger charge is 2.32. The van der Waals surface area contributed by atoms with Gasteiger partial charge in [-0.25, -0.2) is 4.79 Å². The number of urea groups is 1. The Morgan fingerprint density at radius 2 is 1.77 bits per heavy atom. The fourth-order valence-corrected chi connectivity index (χ4v) is 3.55. The van der Waals surface area contributed by atoms with E-state index in [1.807, 2.05) is 0 Å². The number of nitrogens with one attached hydrogen (secondary N) is 1. The van der Waals surface area contributed by atoms with Crippen molar-refractivity contribution in [2.24, 2.45) is 5.92 Å². The van der Waals surface area contributed by atoms with E-state index in [1.54, 1.807) is 4.90 Å². The van der Waals surface area contributed by atoms with Gasteiger partial charge < -0.3 is 10.2 Å². The highest BCUT2D eigenvalue weighted by atomic mass is 19.4. The molecule has 0 aromatic rings. The van der Waals surface area contributed by atoms with Crippen molar-refractivity contribution < 1.29 is 18.0 Å². The summed E-state index contributed by atoms with van der Waals surface area (Å²) in [6.07, 6.45) is -2.62. The van der Waals surface area contributed by atoms with E-state index in [4.69, 9.17) is 0 Å². The molecule has 1 heterocycles. The predicted molar refractivity (Wildman–Crippen MR) is 98.2 cm³/mol. The summed E-state index contributed by atoms with van der Waals surface area (Å²) in [5.41, 5.74) is 0. The lowest BCUT2D eigenvalue weighted by Crippen LogP contribution is -2.49. The number of likely N-dealkylation sites (N-methyl/N-ethyl adjacent to an activating group) is 1. The summed E-state index contributed by atoms with van der Waals surface area (Å²) in [5.74, 6) is 0.534. The summed E-state index contributed by atoms with van der Waals surface area (Å²) < 4.78 is 37.6. The van der Waals surface area contributed by atoms with Crippen LogP contribution in [0.15, 0.2) is 0 Å². The van der Waals surface area contributed by atoms with Gasteiger partial charge in [-0.2, -0.15) is 13.2 Å². The van der Waals surface area contributed by atoms with Gasteiger partial charge in [0.2, 0.25) is 0 Å². The second-order valence-corrected chi connectivity index (χ2v) is 7.42. The molecule has 0 bridgehead atoms. The Balaban J connectivity index is 2.52. The Labute approximate surface area is 155 Å². The highest BCUT2D eigenvalue weighted by Crippen LogP contribution is 2.17. The van der Waals surface area contributed by atoms with Crippen molar-refractivity contribution >= 4 is 6.03 Å². The van der Waals surface area contributed by atoms with Crippen LogP contribution in [0.1, 0.15) is 40.5 Å². The van der Waals surface area contributed by atoms with Crippen molar-refractivity contribution in [1.82, 2.24) is 20.0 Å². The first-order valence-electron chi connectivity index (χ1n) is 9.72. The van der Waals surface area contributed by atoms with Crippen molar-refractivity contribution in [3.63, 3.8) is 0 Å². The van der Waals surface area contributed by atoms with Crippen LogP contribution in [0.4, 0.5) is 18.0 Å². The molecule has 154 valence electrons. The minimum atomic E-state index is -4.19. The maximum atomic E-state index is 12.5. The molecule has 1 aliphatic heterocycles. The third-order valence-electron chi connectivity index (χ3n) is 4.84. The van der Waals surface area contributed by atoms with Crippen LogP contribution in [0.2, 0.25) is 0 Å². The molecule has 1 rings (SSSR count). The van der Waals surface area contributed by atoms with E-state index in [2.05, 4.69) is 37.9 Å². The molecule has 1 fully saturated rings. The van der Waals surface area contributed by atoms with Crippen molar-refractivity contribution in [3.05, 3.63) is 0 Å². The van der Waals surface area contributed by atoms with Gasteiger partial charge in [0.1, 0.15) is 0 Å². The largest absolute Gasteiger partial charge is 0.401 e. The fourth-order valence-electron chi connectivity index (χ4n) is 3.55. The van der Waals surface area contributed by atoms with E-state index in [0.29, 0.717) is 38.5 Å². The molecule has 0 aromatic heterocycles. The second-order valence-electron chi connectivity index (χ2n) is 7.42. The molecular formula is C18H35F3N4O. The van der Waals surface area contributed by atoms with Crippen molar-refractivity contribution in [2.75, 3.05) is 52.4 Å². The molecule has 1 unspecified atom stereocenters. The molecule has 1 atom stereocenters. The Bertz CT molecular complexity index is 414. The van der Waals surface area contributed by atoms with Gasteiger partial charge in [-0.15, -0.1) is 0 Å². The maximum absolute atomic E-state index is 12.5. The van der Waals surface area contributed by atoms with Crippen LogP contribution in [0.5, 0.6) is 0 Å². The number of halogens is 3. The van der Waals surface area contributed by atoms with Gasteiger partial charge in [-0.1, -0.05) is 27.7 Å². The van der Waals surface area contributed by atoms with Crippen LogP contribution in [0.3, 0.4) is 0 Å². The SMILES string of the molecule is CCN(CC)C(CNC(=O)N1CCCN(CC(F)(F)F)CC1)CC(C)C. The van der Waals surface area contributed by atoms with Gasteiger partial charge in [-0.3, -0.25) is 9.80 Å². The van der Waals surface area contributed by atoms with Gasteiger partial charge in [-0.05, 0) is 31.8 Å². The second kappa shape index (κ2) is 11.0. The smallest absolute Gasteiger partial charge is 0.336 e. The Hall–Kier alpha value is -1.02. The van der Waals surface area contributed by atoms with Crippen LogP contribution in [-0.2, 0) is 0 Å². The number of nitrogens with zero attached hydrogens (tertiary/aromatic N) is 3. The zero-order chi connectivity index (χ0) is 19.7. The molecule has 0 saturated carbocycles. The third-order valence-corrected chi connectivity index (χ3v) is 4.84. The number of alkyl halides is 3. The van der Waals surface area contributed by atoms with E-state index >= 15 is 0 Å². The quantitative estimate of drug-likeness (QED) is 0.704. The zero-order valence-corrected chi connectivity index (χ0v) is 16.6. The average molecular weight is 380 g/mol. The van der Waals surface area contributed by atoms with E-state index in [-0.39, 0.29) is 18.6 Å². The minimum Gasteiger partial charge on any atom is -0.336 e. The molecule has 0 radical (unpaired) electrons. The molecule has 26 heavy (non-hydrogen) atoms. The summed E-state index contributed by atoms with van der Waals surface area (Å²) in [7, 11) is 0. The van der Waals surface area contributed by atoms with Crippen molar-refractivity contribution in [1.29, 1.82) is 0 Å². The molecule has 1 saturated heterocycles. The van der Waals surface area contributed by atoms with E-state index in [9.17, 15) is 18.0 Å². The lowest BCUT2D eigenvalue weighted by Gasteiger charge is -2.32. The molecule has 0 aliphatic carbocycles. The van der Waals surface area contributed by atoms with Crippen molar-refractivity contribution in [2.45, 2.75) is 52.8 Å². The molecule has 2 amide bonds. The highest BCUT2D eigenvalue weighted by molar-refractivity contribution is 5.74. The summed E-state index contributed by atoms with van der Waals surface area (Å²) in [6.45, 7) is 11.6. The normalized spacial score (nSPS) is 18.3. The predicted octanol–water partition coefficient (Wildman–Crippen LogP) is 3.02. The van der Waals surface area contributed by atoms with Gasteiger partial charge in [0, 0.05) is 38.8 Å². The zero-order valence-electron chi connectivity index (χ0n) is 16.6. The first-order valence-corrected chi connectivity index (χ1v) is 9.72. The molecule has 0 spiro atoms. The number of amides is 2. The number of rotatable bonds is 8. The van der Waals surface area contributed by atoms with E-state index in [1.165, 1.54) is 4.90 Å². The Morgan fingerprint density at radius 1 is 1.12 bits per heavy atom. The van der Waals surface area contributed by atoms with Gasteiger partial charge in [0.25, 0.3) is 0 Å². The van der Waals surface area contributed by atoms with Crippen LogP contribution in [-0.4, -0.2) is 85.3 Å². The van der Waals surface area contributed by atoms with Gasteiger partial charge >= 0.3 is 12.2 Å². The van der Waals surface area contributed by atoms with E-state index in [0.717, 1.165) is 19.5 Å². The first kappa shape index (κ1) is 23.0. The Morgan fingerprint density at radius 3 is 2.31 bits per heavy atom. The standard InChI is InChI=1S/C18H35F3N4O/c1-5-24(6-2)16(12-15(3)4)13-22-17(26)25-9-7-8-23(10-11-25)14-18(19,20)21/h15-16H,5-14H2,1-4H3,(H,22,26). The number of hydrogen-bond donors (Lipinski definition) is 1. The summed E-state index contributed by atoms with van der Waals surface area (Å²) in [6, 6.07) is 0.113. The third kappa shape index (κ3) is 8.58. The molecule has 5 nitrogen and oxygen atoms in total. The summed E-state index contributed by atoms with van der Waals surface area (Å²) in [4.78, 5) is 17.9. The maximum Gasteiger partial charge on any atom is 0.401 e. The number of carbonyl (C=O) groups excluding carboxylic acids is 1. The molecule has 1 aliphatic rings. The van der Waals surface area contributed by atoms with Crippen molar-refractivity contribution in [3.8, 4) is 0 Å². The van der Waals surface area contributed by atoms with Gasteiger partial charge in [0.15, 0.2) is 0 Å². The summed E-state index contributed by atoms with van der Waals surface area (Å²) >= 11 is 0. The fraction of sp³-hybridized carbons (Fsp3) is 0.944. The monoisotopic (exact) mass is 380 g/mol. The van der Waals surface area contributed by atoms with Crippen LogP contribution in [0, 0.1) is 5.92 Å². The number of carbonyl (C=O) groups is 1. The molecule has 0 aromatic carbocycles. The molecule has 1 N–H and O–H groups in total. The lowest BCUT2D eigenvalue weighted by molar-refractivity contribution is -0.145. The lowest BCUT2D eigenvalue weighted by atomic mass is 10.0. The molecular weight excluding hydrogens is 345 g/mol. The minimum absolute atomic E-state index is 0.167. The number of hydrogen-bond acceptors (Lipinski definition) is 3. The van der Waals surface area contributed by atoms with E-state index < -0.39 is 12.7 Å². The van der Waals surface area contributed by atoms with Gasteiger partial charge in [0.05, 0.1) is 6.54 Å². The first-order chi connectivity index (χ1) is 12.2. The summed E-state index contributed by atoms with van der Waals surface area (Å²) in [5, 5.41) is 3.00. The van der Waals surface area contributed by atoms with Crippen LogP contribution >= 0.6 is 0 Å². The topological polar surface area (TPSA) is 38.8 Å². The average Bonchev–Trinajstić information content (AvgIpc) is 2.76. The van der Waals surface area contributed by atoms with Crippen LogP contribution < -0.4 is 5.32 Å².